The maximum atomic E-state index is 13.4. The predicted molar refractivity (Wildman–Crippen MR) is 141 cm³/mol. The summed E-state index contributed by atoms with van der Waals surface area (Å²) in [6, 6.07) is 14.4. The minimum absolute atomic E-state index is 0.145. The quantitative estimate of drug-likeness (QED) is 0.482. The lowest BCUT2D eigenvalue weighted by atomic mass is 10.1. The number of benzene rings is 2. The molecule has 0 spiro atoms. The Morgan fingerprint density at radius 3 is 2.34 bits per heavy atom. The smallest absolute Gasteiger partial charge is 0.291 e. The summed E-state index contributed by atoms with van der Waals surface area (Å²) in [6.45, 7) is 2.64. The van der Waals surface area contributed by atoms with E-state index >= 15 is 0 Å². The van der Waals surface area contributed by atoms with Crippen molar-refractivity contribution in [3.8, 4) is 0 Å². The van der Waals surface area contributed by atoms with Gasteiger partial charge in [-0.2, -0.15) is 0 Å². The molecule has 3 aromatic rings. The molecule has 38 heavy (non-hydrogen) atoms. The summed E-state index contributed by atoms with van der Waals surface area (Å²) in [5.41, 5.74) is 2.35. The van der Waals surface area contributed by atoms with Crippen LogP contribution in [-0.4, -0.2) is 48.8 Å². The van der Waals surface area contributed by atoms with Gasteiger partial charge in [-0.3, -0.25) is 14.4 Å². The molecule has 2 aromatic carbocycles. The highest BCUT2D eigenvalue weighted by molar-refractivity contribution is 6.05. The van der Waals surface area contributed by atoms with E-state index < -0.39 is 5.91 Å². The maximum Gasteiger partial charge on any atom is 0.291 e. The molecule has 0 radical (unpaired) electrons. The first-order valence-electron chi connectivity index (χ1n) is 13.0. The third-order valence-electron chi connectivity index (χ3n) is 7.25. The van der Waals surface area contributed by atoms with Gasteiger partial charge in [0.2, 0.25) is 5.91 Å². The standard InChI is InChI=1S/C29H31FN4O4/c30-22-9-7-20(8-10-22)19-31-27(35)24-18-23(32-28(36)26-6-3-17-38-26)11-12-25(24)33-13-15-34(16-14-33)29(37)21-4-1-2-5-21/h3,6-12,17-18,21H,1-2,4-5,13-16,19H2,(H,31,35)(H,32,36). The van der Waals surface area contributed by atoms with E-state index in [4.69, 9.17) is 4.42 Å². The van der Waals surface area contributed by atoms with E-state index in [-0.39, 0.29) is 35.9 Å². The monoisotopic (exact) mass is 518 g/mol. The topological polar surface area (TPSA) is 94.9 Å². The molecule has 0 atom stereocenters. The van der Waals surface area contributed by atoms with E-state index in [2.05, 4.69) is 15.5 Å². The number of rotatable bonds is 7. The Labute approximate surface area is 220 Å². The minimum Gasteiger partial charge on any atom is -0.459 e. The second kappa shape index (κ2) is 11.5. The number of nitrogens with zero attached hydrogens (tertiary/aromatic N) is 2. The fourth-order valence-electron chi connectivity index (χ4n) is 5.15. The van der Waals surface area contributed by atoms with Gasteiger partial charge in [0.1, 0.15) is 5.82 Å². The Morgan fingerprint density at radius 2 is 1.66 bits per heavy atom. The number of furan rings is 1. The highest BCUT2D eigenvalue weighted by Crippen LogP contribution is 2.29. The van der Waals surface area contributed by atoms with Crippen molar-refractivity contribution in [1.82, 2.24) is 10.2 Å². The van der Waals surface area contributed by atoms with Gasteiger partial charge in [0, 0.05) is 50.0 Å². The number of nitrogens with one attached hydrogen (secondary N) is 2. The lowest BCUT2D eigenvalue weighted by Crippen LogP contribution is -2.50. The Bertz CT molecular complexity index is 1280. The molecule has 2 heterocycles. The van der Waals surface area contributed by atoms with Crippen LogP contribution in [0.3, 0.4) is 0 Å². The van der Waals surface area contributed by atoms with Crippen molar-refractivity contribution < 1.29 is 23.2 Å². The summed E-state index contributed by atoms with van der Waals surface area (Å²) in [7, 11) is 0. The molecule has 1 aliphatic heterocycles. The first kappa shape index (κ1) is 25.5. The van der Waals surface area contributed by atoms with Crippen LogP contribution in [0.4, 0.5) is 15.8 Å². The molecule has 2 fully saturated rings. The van der Waals surface area contributed by atoms with Crippen LogP contribution in [0, 0.1) is 11.7 Å². The number of hydrogen-bond acceptors (Lipinski definition) is 5. The Kier molecular flexibility index (Phi) is 7.72. The second-order valence-corrected chi connectivity index (χ2v) is 9.77. The fraction of sp³-hybridized carbons (Fsp3) is 0.345. The average Bonchev–Trinajstić information content (AvgIpc) is 3.68. The molecule has 3 amide bonds. The molecule has 0 unspecified atom stereocenters. The number of anilines is 2. The number of amides is 3. The summed E-state index contributed by atoms with van der Waals surface area (Å²) in [6.07, 6.45) is 5.61. The van der Waals surface area contributed by atoms with Gasteiger partial charge in [-0.15, -0.1) is 0 Å². The molecule has 0 bridgehead atoms. The van der Waals surface area contributed by atoms with E-state index in [1.807, 2.05) is 11.0 Å². The molecule has 2 aliphatic rings. The van der Waals surface area contributed by atoms with Crippen LogP contribution in [-0.2, 0) is 11.3 Å². The highest BCUT2D eigenvalue weighted by atomic mass is 19.1. The van der Waals surface area contributed by atoms with Crippen LogP contribution in [0.1, 0.15) is 52.2 Å². The van der Waals surface area contributed by atoms with Crippen molar-refractivity contribution in [1.29, 1.82) is 0 Å². The molecule has 1 saturated carbocycles. The number of hydrogen-bond donors (Lipinski definition) is 2. The number of carbonyl (C=O) groups excluding carboxylic acids is 3. The largest absolute Gasteiger partial charge is 0.459 e. The SMILES string of the molecule is O=C(Nc1ccc(N2CCN(C(=O)C3CCCC3)CC2)c(C(=O)NCc2ccc(F)cc2)c1)c1ccco1. The van der Waals surface area contributed by atoms with E-state index in [1.54, 1.807) is 36.4 Å². The van der Waals surface area contributed by atoms with Crippen LogP contribution >= 0.6 is 0 Å². The van der Waals surface area contributed by atoms with Crippen LogP contribution in [0.2, 0.25) is 0 Å². The van der Waals surface area contributed by atoms with E-state index in [0.717, 1.165) is 36.9 Å². The van der Waals surface area contributed by atoms with Gasteiger partial charge in [-0.25, -0.2) is 4.39 Å². The van der Waals surface area contributed by atoms with Gasteiger partial charge in [0.15, 0.2) is 5.76 Å². The van der Waals surface area contributed by atoms with Crippen LogP contribution in [0.15, 0.2) is 65.3 Å². The lowest BCUT2D eigenvalue weighted by Gasteiger charge is -2.38. The molecular formula is C29H31FN4O4. The van der Waals surface area contributed by atoms with E-state index in [9.17, 15) is 18.8 Å². The molecule has 9 heteroatoms. The molecular weight excluding hydrogens is 487 g/mol. The fourth-order valence-corrected chi connectivity index (χ4v) is 5.15. The van der Waals surface area contributed by atoms with Crippen molar-refractivity contribution in [2.75, 3.05) is 36.4 Å². The van der Waals surface area contributed by atoms with Crippen LogP contribution in [0.5, 0.6) is 0 Å². The zero-order valence-corrected chi connectivity index (χ0v) is 21.1. The number of halogens is 1. The van der Waals surface area contributed by atoms with Crippen LogP contribution in [0.25, 0.3) is 0 Å². The number of carbonyl (C=O) groups is 3. The molecule has 5 rings (SSSR count). The summed E-state index contributed by atoms with van der Waals surface area (Å²) >= 11 is 0. The van der Waals surface area contributed by atoms with Gasteiger partial charge >= 0.3 is 0 Å². The molecule has 2 N–H and O–H groups in total. The summed E-state index contributed by atoms with van der Waals surface area (Å²) in [4.78, 5) is 42.8. The lowest BCUT2D eigenvalue weighted by molar-refractivity contribution is -0.135. The average molecular weight is 519 g/mol. The zero-order chi connectivity index (χ0) is 26.5. The number of piperazine rings is 1. The van der Waals surface area contributed by atoms with Crippen molar-refractivity contribution >= 4 is 29.1 Å². The molecule has 198 valence electrons. The van der Waals surface area contributed by atoms with Gasteiger partial charge in [0.25, 0.3) is 11.8 Å². The molecule has 1 aliphatic carbocycles. The predicted octanol–water partition coefficient (Wildman–Crippen LogP) is 4.44. The Hall–Kier alpha value is -4.14. The highest BCUT2D eigenvalue weighted by Gasteiger charge is 2.30. The Balaban J connectivity index is 1.32. The van der Waals surface area contributed by atoms with Crippen molar-refractivity contribution in [2.24, 2.45) is 5.92 Å². The second-order valence-electron chi connectivity index (χ2n) is 9.77. The van der Waals surface area contributed by atoms with Gasteiger partial charge < -0.3 is 24.9 Å². The Morgan fingerprint density at radius 1 is 0.921 bits per heavy atom. The third kappa shape index (κ3) is 5.88. The first-order valence-corrected chi connectivity index (χ1v) is 13.0. The first-order chi connectivity index (χ1) is 18.5. The zero-order valence-electron chi connectivity index (χ0n) is 21.1. The third-order valence-corrected chi connectivity index (χ3v) is 7.25. The van der Waals surface area contributed by atoms with Gasteiger partial charge in [-0.05, 0) is 60.9 Å². The summed E-state index contributed by atoms with van der Waals surface area (Å²) in [5, 5.41) is 5.68. The van der Waals surface area contributed by atoms with E-state index in [1.165, 1.54) is 18.4 Å². The van der Waals surface area contributed by atoms with Crippen LogP contribution < -0.4 is 15.5 Å². The molecule has 8 nitrogen and oxygen atoms in total. The van der Waals surface area contributed by atoms with E-state index in [0.29, 0.717) is 37.4 Å². The van der Waals surface area contributed by atoms with Gasteiger partial charge in [-0.1, -0.05) is 25.0 Å². The normalized spacial score (nSPS) is 15.9. The van der Waals surface area contributed by atoms with Crippen molar-refractivity contribution in [3.05, 3.63) is 83.6 Å². The summed E-state index contributed by atoms with van der Waals surface area (Å²) in [5.74, 6) is -0.517. The van der Waals surface area contributed by atoms with Gasteiger partial charge in [0.05, 0.1) is 11.8 Å². The molecule has 1 saturated heterocycles. The maximum absolute atomic E-state index is 13.4. The summed E-state index contributed by atoms with van der Waals surface area (Å²) < 4.78 is 18.4. The van der Waals surface area contributed by atoms with Crippen molar-refractivity contribution in [2.45, 2.75) is 32.2 Å². The molecule has 1 aromatic heterocycles. The van der Waals surface area contributed by atoms with Crippen molar-refractivity contribution in [3.63, 3.8) is 0 Å². The minimum atomic E-state index is -0.417.